The van der Waals surface area contributed by atoms with Gasteiger partial charge in [-0.05, 0) is 116 Å². The molecule has 0 spiro atoms. The molecule has 5 aliphatic rings. The van der Waals surface area contributed by atoms with Crippen molar-refractivity contribution in [1.82, 2.24) is 0 Å². The Kier molecular flexibility index (Phi) is 5.76. The van der Waals surface area contributed by atoms with Crippen molar-refractivity contribution in [2.45, 2.75) is 112 Å². The lowest BCUT2D eigenvalue weighted by Gasteiger charge is -2.73. The molecule has 0 aromatic heterocycles. The third-order valence-corrected chi connectivity index (χ3v) is 13.6. The van der Waals surface area contributed by atoms with Crippen LogP contribution in [0.5, 0.6) is 0 Å². The normalized spacial score (nSPS) is 54.6. The van der Waals surface area contributed by atoms with Crippen LogP contribution in [0.1, 0.15) is 99.3 Å². The summed E-state index contributed by atoms with van der Waals surface area (Å²) < 4.78 is 5.48. The van der Waals surface area contributed by atoms with Gasteiger partial charge in [0.1, 0.15) is 0 Å². The second kappa shape index (κ2) is 7.82. The van der Waals surface area contributed by atoms with Gasteiger partial charge in [0.2, 0.25) is 0 Å². The van der Waals surface area contributed by atoms with E-state index in [1.807, 2.05) is 0 Å². The Morgan fingerprint density at radius 3 is 2.20 bits per heavy atom. The minimum atomic E-state index is -0.653. The van der Waals surface area contributed by atoms with Gasteiger partial charge in [-0.2, -0.15) is 0 Å². The monoisotopic (exact) mass is 486 g/mol. The summed E-state index contributed by atoms with van der Waals surface area (Å²) in [6, 6.07) is 0. The number of allylic oxidation sites excluding steroid dienone is 1. The van der Waals surface area contributed by atoms with Crippen LogP contribution in [0.15, 0.2) is 12.2 Å². The van der Waals surface area contributed by atoms with Crippen molar-refractivity contribution in [3.8, 4) is 0 Å². The zero-order chi connectivity index (χ0) is 25.8. The molecule has 4 heteroatoms. The Morgan fingerprint density at radius 1 is 0.886 bits per heavy atom. The Hall–Kier alpha value is -0.870. The largest absolute Gasteiger partial charge is 0.469 e. The van der Waals surface area contributed by atoms with E-state index in [2.05, 4.69) is 48.1 Å². The molecule has 198 valence electrons. The van der Waals surface area contributed by atoms with E-state index in [9.17, 15) is 15.0 Å². The van der Waals surface area contributed by atoms with Crippen LogP contribution in [0.2, 0.25) is 0 Å². The minimum absolute atomic E-state index is 0.0161. The highest BCUT2D eigenvalue weighted by atomic mass is 16.5. The fraction of sp³-hybridized carbons (Fsp3) is 0.903. The maximum atomic E-state index is 13.4. The standard InChI is InChI=1S/C31H50O4/c1-18(2)19-11-14-31(26(34)35-8)16-15-29(6)20(24(19)31)9-10-23-28(5)17-21(32)25(33)27(3,4)22(28)12-13-30(23,29)7/h19-25,32-33H,1,9-17H2,2-8H3/t19-,20+,21-,22-,23+,24+,25-,28-,29+,30+,31-/m0/s1. The molecule has 5 rings (SSSR count). The molecule has 0 radical (unpaired) electrons. The summed E-state index contributed by atoms with van der Waals surface area (Å²) in [7, 11) is 1.57. The van der Waals surface area contributed by atoms with Gasteiger partial charge in [-0.1, -0.05) is 46.8 Å². The second-order valence-electron chi connectivity index (χ2n) is 14.9. The Balaban J connectivity index is 1.57. The summed E-state index contributed by atoms with van der Waals surface area (Å²) in [5.41, 5.74) is 0.927. The van der Waals surface area contributed by atoms with Crippen molar-refractivity contribution in [1.29, 1.82) is 0 Å². The first-order valence-electron chi connectivity index (χ1n) is 14.3. The third kappa shape index (κ3) is 3.02. The number of fused-ring (bicyclic) bond motifs is 7. The Labute approximate surface area is 213 Å². The summed E-state index contributed by atoms with van der Waals surface area (Å²) in [5, 5.41) is 22.0. The van der Waals surface area contributed by atoms with Gasteiger partial charge in [0.15, 0.2) is 0 Å². The topological polar surface area (TPSA) is 66.8 Å². The lowest BCUT2D eigenvalue weighted by atomic mass is 9.32. The van der Waals surface area contributed by atoms with Gasteiger partial charge >= 0.3 is 5.97 Å². The van der Waals surface area contributed by atoms with Crippen LogP contribution in [0.3, 0.4) is 0 Å². The molecule has 0 unspecified atom stereocenters. The highest BCUT2D eigenvalue weighted by Gasteiger charge is 2.72. The molecule has 5 saturated carbocycles. The van der Waals surface area contributed by atoms with E-state index in [1.54, 1.807) is 7.11 Å². The van der Waals surface area contributed by atoms with E-state index in [0.717, 1.165) is 44.9 Å². The molecule has 0 aromatic carbocycles. The SMILES string of the molecule is C=C(C)[C@@H]1CC[C@]2(C(=O)OC)CC[C@]3(C)[C@H](CC[C@@H]4[C@@]5(C)C[C@H](O)[C@H](O)C(C)(C)[C@@H]5CC[C@]43C)[C@@H]12. The Bertz CT molecular complexity index is 910. The average Bonchev–Trinajstić information content (AvgIpc) is 3.18. The predicted molar refractivity (Wildman–Crippen MR) is 138 cm³/mol. The minimum Gasteiger partial charge on any atom is -0.469 e. The van der Waals surface area contributed by atoms with Crippen LogP contribution in [0.4, 0.5) is 0 Å². The number of carbonyl (C=O) groups is 1. The van der Waals surface area contributed by atoms with Crippen LogP contribution in [-0.4, -0.2) is 35.5 Å². The molecule has 0 saturated heterocycles. The van der Waals surface area contributed by atoms with Gasteiger partial charge in [0.05, 0.1) is 24.7 Å². The molecule has 11 atom stereocenters. The number of hydrogen-bond donors (Lipinski definition) is 2. The molecule has 5 aliphatic carbocycles. The smallest absolute Gasteiger partial charge is 0.312 e. The van der Waals surface area contributed by atoms with Crippen molar-refractivity contribution in [2.24, 2.45) is 56.7 Å². The number of methoxy groups -OCH3 is 1. The molecule has 0 aliphatic heterocycles. The number of esters is 1. The van der Waals surface area contributed by atoms with E-state index in [4.69, 9.17) is 4.74 Å². The quantitative estimate of drug-likeness (QED) is 0.363. The van der Waals surface area contributed by atoms with Crippen LogP contribution in [0, 0.1) is 56.7 Å². The maximum absolute atomic E-state index is 13.4. The number of carbonyl (C=O) groups excluding carboxylic acids is 1. The first-order valence-corrected chi connectivity index (χ1v) is 14.3. The molecule has 2 N–H and O–H groups in total. The van der Waals surface area contributed by atoms with Crippen LogP contribution in [-0.2, 0) is 9.53 Å². The summed E-state index contributed by atoms with van der Waals surface area (Å²) in [6.07, 6.45) is 7.98. The summed E-state index contributed by atoms with van der Waals surface area (Å²) >= 11 is 0. The van der Waals surface area contributed by atoms with Crippen molar-refractivity contribution in [3.63, 3.8) is 0 Å². The lowest BCUT2D eigenvalue weighted by Crippen LogP contribution is -2.68. The molecule has 4 nitrogen and oxygen atoms in total. The average molecular weight is 487 g/mol. The van der Waals surface area contributed by atoms with E-state index >= 15 is 0 Å². The molecule has 0 amide bonds. The highest BCUT2D eigenvalue weighted by molar-refractivity contribution is 5.78. The van der Waals surface area contributed by atoms with Gasteiger partial charge in [0, 0.05) is 0 Å². The molecular formula is C31H50O4. The number of rotatable bonds is 2. The Morgan fingerprint density at radius 2 is 1.57 bits per heavy atom. The van der Waals surface area contributed by atoms with Gasteiger partial charge in [-0.15, -0.1) is 0 Å². The van der Waals surface area contributed by atoms with Crippen LogP contribution in [0.25, 0.3) is 0 Å². The van der Waals surface area contributed by atoms with E-state index in [1.165, 1.54) is 12.0 Å². The predicted octanol–water partition coefficient (Wildman–Crippen LogP) is 6.15. The van der Waals surface area contributed by atoms with Gasteiger partial charge in [0.25, 0.3) is 0 Å². The highest BCUT2D eigenvalue weighted by Crippen LogP contribution is 2.77. The number of ether oxygens (including phenoxy) is 1. The van der Waals surface area contributed by atoms with Crippen LogP contribution < -0.4 is 0 Å². The summed E-state index contributed by atoms with van der Waals surface area (Å²) in [5.74, 6) is 2.17. The molecule has 0 bridgehead atoms. The van der Waals surface area contributed by atoms with Crippen molar-refractivity contribution in [2.75, 3.05) is 7.11 Å². The molecule has 0 aromatic rings. The van der Waals surface area contributed by atoms with E-state index in [0.29, 0.717) is 36.0 Å². The molecular weight excluding hydrogens is 436 g/mol. The third-order valence-electron chi connectivity index (χ3n) is 13.6. The number of hydrogen-bond acceptors (Lipinski definition) is 4. The zero-order valence-electron chi connectivity index (χ0n) is 23.3. The molecule has 0 heterocycles. The summed E-state index contributed by atoms with van der Waals surface area (Å²) in [4.78, 5) is 13.4. The fourth-order valence-electron chi connectivity index (χ4n) is 11.8. The molecule has 35 heavy (non-hydrogen) atoms. The second-order valence-corrected chi connectivity index (χ2v) is 14.9. The van der Waals surface area contributed by atoms with Gasteiger partial charge in [-0.3, -0.25) is 4.79 Å². The zero-order valence-corrected chi connectivity index (χ0v) is 23.3. The van der Waals surface area contributed by atoms with Crippen LogP contribution >= 0.6 is 0 Å². The first kappa shape index (κ1) is 25.8. The maximum Gasteiger partial charge on any atom is 0.312 e. The number of aliphatic hydroxyl groups is 2. The molecule has 5 fully saturated rings. The van der Waals surface area contributed by atoms with Gasteiger partial charge < -0.3 is 14.9 Å². The van der Waals surface area contributed by atoms with E-state index in [-0.39, 0.29) is 33.0 Å². The van der Waals surface area contributed by atoms with Gasteiger partial charge in [-0.25, -0.2) is 0 Å². The van der Waals surface area contributed by atoms with Crippen molar-refractivity contribution < 1.29 is 19.7 Å². The van der Waals surface area contributed by atoms with Crippen molar-refractivity contribution in [3.05, 3.63) is 12.2 Å². The first-order chi connectivity index (χ1) is 16.2. The number of aliphatic hydroxyl groups excluding tert-OH is 2. The lowest BCUT2D eigenvalue weighted by molar-refractivity contribution is -0.263. The fourth-order valence-corrected chi connectivity index (χ4v) is 11.8. The van der Waals surface area contributed by atoms with E-state index < -0.39 is 12.2 Å². The summed E-state index contributed by atoms with van der Waals surface area (Å²) in [6.45, 7) is 18.5. The van der Waals surface area contributed by atoms with Crippen molar-refractivity contribution >= 4 is 5.97 Å².